The number of carbonyl (C=O) groups is 2. The molecule has 1 unspecified atom stereocenters. The smallest absolute Gasteiger partial charge is 0.258 e. The molecule has 1 aliphatic rings. The van der Waals surface area contributed by atoms with Crippen LogP contribution < -0.4 is 20.7 Å². The first-order valence-corrected chi connectivity index (χ1v) is 8.69. The Morgan fingerprint density at radius 3 is 2.84 bits per heavy atom. The molecule has 0 aromatic heterocycles. The van der Waals surface area contributed by atoms with Gasteiger partial charge in [0.2, 0.25) is 5.91 Å². The molecule has 3 N–H and O–H groups in total. The molecule has 1 saturated heterocycles. The molecule has 1 fully saturated rings. The highest BCUT2D eigenvalue weighted by atomic mass is 16.5. The summed E-state index contributed by atoms with van der Waals surface area (Å²) in [5.41, 5.74) is 0.840. The van der Waals surface area contributed by atoms with Crippen LogP contribution in [0.3, 0.4) is 0 Å². The summed E-state index contributed by atoms with van der Waals surface area (Å²) in [4.78, 5) is 23.6. The number of hydrogen-bond acceptors (Lipinski definition) is 5. The zero-order chi connectivity index (χ0) is 17.9. The molecule has 1 heterocycles. The van der Waals surface area contributed by atoms with Gasteiger partial charge in [-0.3, -0.25) is 9.59 Å². The molecule has 25 heavy (non-hydrogen) atoms. The average Bonchev–Trinajstić information content (AvgIpc) is 3.15. The maximum atomic E-state index is 11.9. The Balaban J connectivity index is 1.75. The molecule has 1 aromatic rings. The van der Waals surface area contributed by atoms with Gasteiger partial charge in [-0.25, -0.2) is 0 Å². The third kappa shape index (κ3) is 7.11. The highest BCUT2D eigenvalue weighted by Crippen LogP contribution is 2.17. The van der Waals surface area contributed by atoms with Crippen LogP contribution in [-0.2, 0) is 20.9 Å². The van der Waals surface area contributed by atoms with E-state index in [1.165, 1.54) is 0 Å². The van der Waals surface area contributed by atoms with Gasteiger partial charge in [-0.15, -0.1) is 0 Å². The number of ether oxygens (including phenoxy) is 2. The van der Waals surface area contributed by atoms with Gasteiger partial charge >= 0.3 is 0 Å². The number of nitrogens with one attached hydrogen (secondary N) is 3. The largest absolute Gasteiger partial charge is 0.483 e. The molecule has 2 amide bonds. The molecule has 0 bridgehead atoms. The molecule has 7 heteroatoms. The molecule has 1 atom stereocenters. The summed E-state index contributed by atoms with van der Waals surface area (Å²) in [7, 11) is 1.81. The summed E-state index contributed by atoms with van der Waals surface area (Å²) in [6.45, 7) is 2.23. The predicted octanol–water partition coefficient (Wildman–Crippen LogP) is 0.586. The van der Waals surface area contributed by atoms with E-state index in [0.717, 1.165) is 25.0 Å². The summed E-state index contributed by atoms with van der Waals surface area (Å²) in [6.07, 6.45) is 2.57. The van der Waals surface area contributed by atoms with E-state index in [1.54, 1.807) is 13.1 Å². The van der Waals surface area contributed by atoms with E-state index in [1.807, 2.05) is 18.2 Å². The first-order chi connectivity index (χ1) is 12.2. The zero-order valence-electron chi connectivity index (χ0n) is 14.7. The van der Waals surface area contributed by atoms with Crippen molar-refractivity contribution < 1.29 is 19.1 Å². The van der Waals surface area contributed by atoms with Crippen LogP contribution in [0.1, 0.15) is 24.8 Å². The van der Waals surface area contributed by atoms with Crippen LogP contribution in [0.25, 0.3) is 0 Å². The van der Waals surface area contributed by atoms with Crippen LogP contribution in [0.2, 0.25) is 0 Å². The van der Waals surface area contributed by atoms with Crippen molar-refractivity contribution in [3.63, 3.8) is 0 Å². The number of hydrogen-bond donors (Lipinski definition) is 3. The first-order valence-electron chi connectivity index (χ1n) is 8.69. The Morgan fingerprint density at radius 2 is 2.08 bits per heavy atom. The van der Waals surface area contributed by atoms with Crippen LogP contribution in [0, 0.1) is 0 Å². The molecular weight excluding hydrogens is 322 g/mol. The Morgan fingerprint density at radius 1 is 1.24 bits per heavy atom. The molecule has 7 nitrogen and oxygen atoms in total. The minimum absolute atomic E-state index is 0.0292. The van der Waals surface area contributed by atoms with Gasteiger partial charge in [-0.05, 0) is 26.0 Å². The third-order valence-electron chi connectivity index (χ3n) is 3.96. The van der Waals surface area contributed by atoms with Gasteiger partial charge in [-0.2, -0.15) is 0 Å². The quantitative estimate of drug-likeness (QED) is 0.575. The third-order valence-corrected chi connectivity index (χ3v) is 3.96. The Hall–Kier alpha value is -2.12. The van der Waals surface area contributed by atoms with Crippen LogP contribution in [0.5, 0.6) is 5.75 Å². The maximum absolute atomic E-state index is 11.9. The minimum Gasteiger partial charge on any atom is -0.483 e. The van der Waals surface area contributed by atoms with Crippen molar-refractivity contribution in [2.24, 2.45) is 0 Å². The van der Waals surface area contributed by atoms with E-state index in [2.05, 4.69) is 16.0 Å². The van der Waals surface area contributed by atoms with Gasteiger partial charge in [0.25, 0.3) is 5.91 Å². The summed E-state index contributed by atoms with van der Waals surface area (Å²) in [5.74, 6) is 0.394. The first kappa shape index (κ1) is 19.2. The number of rotatable bonds is 10. The molecular formula is C18H27N3O4. The molecule has 138 valence electrons. The number of benzene rings is 1. The van der Waals surface area contributed by atoms with Crippen LogP contribution in [0.4, 0.5) is 0 Å². The topological polar surface area (TPSA) is 88.7 Å². The standard InChI is InChI=1S/C18H27N3O4/c1-19-9-8-17(22)20-11-14-5-2-3-7-16(14)25-13-18(23)21-12-15-6-4-10-24-15/h2-3,5,7,15,19H,4,6,8-13H2,1H3,(H,20,22)(H,21,23). The van der Waals surface area contributed by atoms with E-state index in [0.29, 0.717) is 31.8 Å². The van der Waals surface area contributed by atoms with E-state index in [4.69, 9.17) is 9.47 Å². The molecule has 2 rings (SSSR count). The maximum Gasteiger partial charge on any atom is 0.258 e. The highest BCUT2D eigenvalue weighted by molar-refractivity contribution is 5.77. The lowest BCUT2D eigenvalue weighted by Gasteiger charge is -2.14. The monoisotopic (exact) mass is 349 g/mol. The van der Waals surface area contributed by atoms with Crippen LogP contribution >= 0.6 is 0 Å². The van der Waals surface area contributed by atoms with Crippen molar-refractivity contribution in [2.75, 3.05) is 33.4 Å². The van der Waals surface area contributed by atoms with Gasteiger partial charge in [0.15, 0.2) is 6.61 Å². The molecule has 1 aromatic carbocycles. The number of carbonyl (C=O) groups excluding carboxylic acids is 2. The summed E-state index contributed by atoms with van der Waals surface area (Å²) >= 11 is 0. The SMILES string of the molecule is CNCCC(=O)NCc1ccccc1OCC(=O)NCC1CCCO1. The second-order valence-corrected chi connectivity index (χ2v) is 5.97. The average molecular weight is 349 g/mol. The Bertz CT molecular complexity index is 559. The van der Waals surface area contributed by atoms with Crippen molar-refractivity contribution in [2.45, 2.75) is 31.9 Å². The van der Waals surface area contributed by atoms with Gasteiger partial charge in [0.05, 0.1) is 6.10 Å². The molecule has 0 spiro atoms. The lowest BCUT2D eigenvalue weighted by Crippen LogP contribution is -2.35. The van der Waals surface area contributed by atoms with Gasteiger partial charge < -0.3 is 25.4 Å². The van der Waals surface area contributed by atoms with E-state index in [9.17, 15) is 9.59 Å². The lowest BCUT2D eigenvalue weighted by molar-refractivity contribution is -0.123. The Kier molecular flexibility index (Phi) is 8.21. The van der Waals surface area contributed by atoms with E-state index in [-0.39, 0.29) is 24.5 Å². The second-order valence-electron chi connectivity index (χ2n) is 5.97. The normalized spacial score (nSPS) is 16.4. The summed E-state index contributed by atoms with van der Waals surface area (Å²) in [6, 6.07) is 7.38. The fourth-order valence-electron chi connectivity index (χ4n) is 2.54. The van der Waals surface area contributed by atoms with Crippen LogP contribution in [0.15, 0.2) is 24.3 Å². The zero-order valence-corrected chi connectivity index (χ0v) is 14.7. The van der Waals surface area contributed by atoms with Gasteiger partial charge in [-0.1, -0.05) is 18.2 Å². The minimum atomic E-state index is -0.177. The van der Waals surface area contributed by atoms with Gasteiger partial charge in [0, 0.05) is 38.2 Å². The van der Waals surface area contributed by atoms with Crippen molar-refractivity contribution >= 4 is 11.8 Å². The summed E-state index contributed by atoms with van der Waals surface area (Å²) < 4.78 is 11.1. The lowest BCUT2D eigenvalue weighted by atomic mass is 10.2. The number of para-hydroxylation sites is 1. The van der Waals surface area contributed by atoms with Crippen molar-refractivity contribution in [3.8, 4) is 5.75 Å². The fraction of sp³-hybridized carbons (Fsp3) is 0.556. The Labute approximate surface area is 148 Å². The van der Waals surface area contributed by atoms with Crippen molar-refractivity contribution in [1.82, 2.24) is 16.0 Å². The fourth-order valence-corrected chi connectivity index (χ4v) is 2.54. The molecule has 0 radical (unpaired) electrons. The van der Waals surface area contributed by atoms with Gasteiger partial charge in [0.1, 0.15) is 5.75 Å². The molecule has 0 saturated carbocycles. The van der Waals surface area contributed by atoms with Crippen LogP contribution in [-0.4, -0.2) is 51.3 Å². The molecule has 1 aliphatic heterocycles. The number of amides is 2. The predicted molar refractivity (Wildman–Crippen MR) is 94.3 cm³/mol. The second kappa shape index (κ2) is 10.7. The van der Waals surface area contributed by atoms with Crippen molar-refractivity contribution in [3.05, 3.63) is 29.8 Å². The molecule has 0 aliphatic carbocycles. The van der Waals surface area contributed by atoms with E-state index < -0.39 is 0 Å². The van der Waals surface area contributed by atoms with E-state index >= 15 is 0 Å². The summed E-state index contributed by atoms with van der Waals surface area (Å²) in [5, 5.41) is 8.60. The highest BCUT2D eigenvalue weighted by Gasteiger charge is 2.16. The van der Waals surface area contributed by atoms with Crippen molar-refractivity contribution in [1.29, 1.82) is 0 Å².